The monoisotopic (exact) mass is 469 g/mol. The second-order valence-electron chi connectivity index (χ2n) is 8.90. The topological polar surface area (TPSA) is 81.1 Å². The van der Waals surface area contributed by atoms with Crippen molar-refractivity contribution in [3.8, 4) is 11.1 Å². The molecule has 1 N–H and O–H groups in total. The maximum absolute atomic E-state index is 15.6. The van der Waals surface area contributed by atoms with Gasteiger partial charge in [-0.05, 0) is 44.2 Å². The predicted octanol–water partition coefficient (Wildman–Crippen LogP) is 3.82. The normalized spacial score (nSPS) is 18.3. The summed E-state index contributed by atoms with van der Waals surface area (Å²) >= 11 is 0. The summed E-state index contributed by atoms with van der Waals surface area (Å²) in [7, 11) is -3.53. The average molecular weight is 470 g/mol. The fourth-order valence-electron chi connectivity index (χ4n) is 4.63. The van der Waals surface area contributed by atoms with Crippen LogP contribution in [0.15, 0.2) is 59.7 Å². The van der Waals surface area contributed by atoms with E-state index in [0.717, 1.165) is 11.8 Å². The molecule has 174 valence electrons. The van der Waals surface area contributed by atoms with Crippen molar-refractivity contribution in [2.75, 3.05) is 6.26 Å². The standard InChI is InChI=1S/C25H28FN3O3S/c1-16(2)29-15-27-22-13-12-21(28-33(3,31)32)20(23(22)25(29)30)14-18-10-7-11-19(24(18)26)17-8-5-4-6-9-17/h4-11,15-16,20-21,28H,12-14H2,1-3H3. The number of aromatic nitrogens is 2. The lowest BCUT2D eigenvalue weighted by Crippen LogP contribution is -2.45. The summed E-state index contributed by atoms with van der Waals surface area (Å²) in [5, 5.41) is 0. The Morgan fingerprint density at radius 1 is 1.15 bits per heavy atom. The second-order valence-corrected chi connectivity index (χ2v) is 10.7. The quantitative estimate of drug-likeness (QED) is 0.595. The smallest absolute Gasteiger partial charge is 0.257 e. The highest BCUT2D eigenvalue weighted by Gasteiger charge is 2.35. The molecule has 1 aromatic heterocycles. The van der Waals surface area contributed by atoms with Crippen LogP contribution >= 0.6 is 0 Å². The Morgan fingerprint density at radius 3 is 2.55 bits per heavy atom. The second kappa shape index (κ2) is 9.19. The fourth-order valence-corrected chi connectivity index (χ4v) is 5.46. The van der Waals surface area contributed by atoms with Crippen molar-refractivity contribution >= 4 is 10.0 Å². The first-order valence-electron chi connectivity index (χ1n) is 11.1. The van der Waals surface area contributed by atoms with Gasteiger partial charge in [-0.2, -0.15) is 0 Å². The Balaban J connectivity index is 1.82. The van der Waals surface area contributed by atoms with E-state index < -0.39 is 22.0 Å². The number of rotatable bonds is 6. The van der Waals surface area contributed by atoms with Crippen molar-refractivity contribution < 1.29 is 12.8 Å². The molecule has 1 aliphatic carbocycles. The molecule has 0 bridgehead atoms. The maximum atomic E-state index is 15.6. The summed E-state index contributed by atoms with van der Waals surface area (Å²) in [5.74, 6) is -0.891. The summed E-state index contributed by atoms with van der Waals surface area (Å²) < 4.78 is 44.0. The van der Waals surface area contributed by atoms with Gasteiger partial charge >= 0.3 is 0 Å². The molecule has 0 fully saturated rings. The molecule has 0 saturated heterocycles. The van der Waals surface area contributed by atoms with E-state index in [1.54, 1.807) is 29.1 Å². The summed E-state index contributed by atoms with van der Waals surface area (Å²) in [6.45, 7) is 3.78. The van der Waals surface area contributed by atoms with Crippen LogP contribution in [0.25, 0.3) is 11.1 Å². The summed E-state index contributed by atoms with van der Waals surface area (Å²) in [6, 6.07) is 13.9. The molecule has 33 heavy (non-hydrogen) atoms. The molecule has 0 aliphatic heterocycles. The summed E-state index contributed by atoms with van der Waals surface area (Å²) in [5.41, 5.74) is 2.61. The van der Waals surface area contributed by atoms with Gasteiger partial charge < -0.3 is 0 Å². The van der Waals surface area contributed by atoms with E-state index in [9.17, 15) is 13.2 Å². The highest BCUT2D eigenvalue weighted by atomic mass is 32.2. The first-order valence-corrected chi connectivity index (χ1v) is 12.9. The lowest BCUT2D eigenvalue weighted by Gasteiger charge is -2.33. The third-order valence-corrected chi connectivity index (χ3v) is 6.92. The van der Waals surface area contributed by atoms with Gasteiger partial charge in [-0.3, -0.25) is 9.36 Å². The number of hydrogen-bond donors (Lipinski definition) is 1. The van der Waals surface area contributed by atoms with Gasteiger partial charge in [0.05, 0.1) is 18.3 Å². The van der Waals surface area contributed by atoms with Gasteiger partial charge in [0.1, 0.15) is 5.82 Å². The number of sulfonamides is 1. The zero-order chi connectivity index (χ0) is 23.8. The molecule has 2 unspecified atom stereocenters. The molecule has 2 aromatic carbocycles. The minimum atomic E-state index is -3.53. The van der Waals surface area contributed by atoms with Gasteiger partial charge in [0.15, 0.2) is 0 Å². The van der Waals surface area contributed by atoms with Crippen molar-refractivity contribution in [2.45, 2.75) is 51.1 Å². The van der Waals surface area contributed by atoms with Crippen molar-refractivity contribution in [3.63, 3.8) is 0 Å². The molecule has 4 rings (SSSR count). The van der Waals surface area contributed by atoms with Gasteiger partial charge in [-0.15, -0.1) is 0 Å². The van der Waals surface area contributed by atoms with E-state index in [1.807, 2.05) is 44.2 Å². The van der Waals surface area contributed by atoms with Gasteiger partial charge in [0.2, 0.25) is 10.0 Å². The van der Waals surface area contributed by atoms with Gasteiger partial charge in [-0.25, -0.2) is 22.5 Å². The highest BCUT2D eigenvalue weighted by molar-refractivity contribution is 7.88. The largest absolute Gasteiger partial charge is 0.296 e. The zero-order valence-electron chi connectivity index (χ0n) is 19.0. The lowest BCUT2D eigenvalue weighted by molar-refractivity contribution is 0.409. The number of hydrogen-bond acceptors (Lipinski definition) is 4. The minimum Gasteiger partial charge on any atom is -0.296 e. The molecule has 3 aromatic rings. The van der Waals surface area contributed by atoms with Crippen LogP contribution in [-0.2, 0) is 22.9 Å². The van der Waals surface area contributed by atoms with E-state index in [1.165, 1.54) is 0 Å². The summed E-state index contributed by atoms with van der Waals surface area (Å²) in [4.78, 5) is 17.9. The van der Waals surface area contributed by atoms with Crippen LogP contribution < -0.4 is 10.3 Å². The van der Waals surface area contributed by atoms with E-state index in [0.29, 0.717) is 35.2 Å². The molecule has 0 radical (unpaired) electrons. The van der Waals surface area contributed by atoms with Crippen molar-refractivity contribution in [1.82, 2.24) is 14.3 Å². The SMILES string of the molecule is CC(C)n1cnc2c(c1=O)C(Cc1cccc(-c3ccccc3)c1F)C(NS(C)(=O)=O)CC2. The van der Waals surface area contributed by atoms with Crippen LogP contribution in [0.1, 0.15) is 49.0 Å². The van der Waals surface area contributed by atoms with Crippen LogP contribution in [0.3, 0.4) is 0 Å². The average Bonchev–Trinajstić information content (AvgIpc) is 2.76. The van der Waals surface area contributed by atoms with E-state index >= 15 is 4.39 Å². The first-order chi connectivity index (χ1) is 15.7. The van der Waals surface area contributed by atoms with E-state index in [2.05, 4.69) is 9.71 Å². The van der Waals surface area contributed by atoms with Gasteiger partial charge in [0.25, 0.3) is 5.56 Å². The Bertz CT molecular complexity index is 1320. The number of nitrogens with one attached hydrogen (secondary N) is 1. The zero-order valence-corrected chi connectivity index (χ0v) is 19.8. The van der Waals surface area contributed by atoms with Crippen molar-refractivity contribution in [1.29, 1.82) is 0 Å². The van der Waals surface area contributed by atoms with Crippen LogP contribution in [0.5, 0.6) is 0 Å². The molecule has 8 heteroatoms. The Hall–Kier alpha value is -2.84. The number of nitrogens with zero attached hydrogens (tertiary/aromatic N) is 2. The third kappa shape index (κ3) is 4.91. The Kier molecular flexibility index (Phi) is 6.50. The number of fused-ring (bicyclic) bond motifs is 1. The van der Waals surface area contributed by atoms with Crippen molar-refractivity contribution in [2.24, 2.45) is 0 Å². The minimum absolute atomic E-state index is 0.0997. The van der Waals surface area contributed by atoms with Crippen LogP contribution in [0.2, 0.25) is 0 Å². The molecule has 1 heterocycles. The van der Waals surface area contributed by atoms with Gasteiger partial charge in [-0.1, -0.05) is 48.5 Å². The molecule has 0 saturated carbocycles. The number of benzene rings is 2. The predicted molar refractivity (Wildman–Crippen MR) is 127 cm³/mol. The van der Waals surface area contributed by atoms with Crippen LogP contribution in [0, 0.1) is 5.82 Å². The molecule has 1 aliphatic rings. The molecule has 2 atom stereocenters. The Morgan fingerprint density at radius 2 is 1.88 bits per heavy atom. The number of aryl methyl sites for hydroxylation is 1. The summed E-state index contributed by atoms with van der Waals surface area (Å²) in [6.07, 6.45) is 3.81. The van der Waals surface area contributed by atoms with Crippen LogP contribution in [0.4, 0.5) is 4.39 Å². The first kappa shape index (κ1) is 23.3. The lowest BCUT2D eigenvalue weighted by atomic mass is 9.78. The molecular formula is C25H28FN3O3S. The molecular weight excluding hydrogens is 441 g/mol. The molecule has 6 nitrogen and oxygen atoms in total. The maximum Gasteiger partial charge on any atom is 0.257 e. The van der Waals surface area contributed by atoms with Crippen LogP contribution in [-0.4, -0.2) is 30.3 Å². The van der Waals surface area contributed by atoms with E-state index in [-0.39, 0.29) is 23.8 Å². The molecule has 0 spiro atoms. The third-order valence-electron chi connectivity index (χ3n) is 6.19. The fraction of sp³-hybridized carbons (Fsp3) is 0.360. The highest BCUT2D eigenvalue weighted by Crippen LogP contribution is 2.34. The Labute approximate surface area is 193 Å². The van der Waals surface area contributed by atoms with Gasteiger partial charge in [0, 0.05) is 29.1 Å². The van der Waals surface area contributed by atoms with Crippen molar-refractivity contribution in [3.05, 3.63) is 87.9 Å². The number of halogens is 1. The van der Waals surface area contributed by atoms with E-state index in [4.69, 9.17) is 0 Å². The molecule has 0 amide bonds.